The van der Waals surface area contributed by atoms with Gasteiger partial charge in [0, 0.05) is 19.0 Å². The van der Waals surface area contributed by atoms with Gasteiger partial charge in [-0.25, -0.2) is 0 Å². The number of Topliss-reactive ketones (excluding diaryl/α,β-unsaturated/α-hetero) is 1. The van der Waals surface area contributed by atoms with E-state index in [1.165, 1.54) is 0 Å². The first-order valence-corrected chi connectivity index (χ1v) is 7.44. The van der Waals surface area contributed by atoms with Gasteiger partial charge in [-0.1, -0.05) is 23.7 Å². The maximum absolute atomic E-state index is 12.7. The number of aryl methyl sites for hydroxylation is 1. The number of hydrogen-bond donors (Lipinski definition) is 0. The van der Waals surface area contributed by atoms with E-state index in [0.717, 1.165) is 24.8 Å². The smallest absolute Gasteiger partial charge is 0.255 e. The van der Waals surface area contributed by atoms with Gasteiger partial charge in [-0.3, -0.25) is 9.59 Å². The minimum Gasteiger partial charge on any atom is -0.335 e. The second-order valence-electron chi connectivity index (χ2n) is 5.49. The Morgan fingerprint density at radius 3 is 2.80 bits per heavy atom. The molecule has 0 spiro atoms. The molecule has 1 amide bonds. The average Bonchev–Trinajstić information content (AvgIpc) is 2.41. The number of benzene rings is 1. The molecule has 1 fully saturated rings. The highest BCUT2D eigenvalue weighted by atomic mass is 35.5. The Balaban J connectivity index is 2.25. The lowest BCUT2D eigenvalue weighted by Gasteiger charge is -2.35. The standard InChI is InChI=1S/C16H20ClNO2/c1-11-6-5-8-14(15(11)17)16(20)18-9-4-3-7-13(18)10-12(2)19/h5-6,8,13H,3-4,7,9-10H2,1-2H3. The van der Waals surface area contributed by atoms with Gasteiger partial charge in [-0.05, 0) is 44.7 Å². The van der Waals surface area contributed by atoms with Crippen molar-refractivity contribution in [1.29, 1.82) is 0 Å². The van der Waals surface area contributed by atoms with E-state index >= 15 is 0 Å². The lowest BCUT2D eigenvalue weighted by Crippen LogP contribution is -2.44. The molecule has 4 heteroatoms. The molecule has 108 valence electrons. The fraction of sp³-hybridized carbons (Fsp3) is 0.500. The number of rotatable bonds is 3. The van der Waals surface area contributed by atoms with Crippen LogP contribution in [0.5, 0.6) is 0 Å². The Labute approximate surface area is 124 Å². The van der Waals surface area contributed by atoms with Crippen LogP contribution in [0.2, 0.25) is 5.02 Å². The molecule has 0 N–H and O–H groups in total. The van der Waals surface area contributed by atoms with Gasteiger partial charge in [-0.2, -0.15) is 0 Å². The summed E-state index contributed by atoms with van der Waals surface area (Å²) in [5, 5.41) is 0.518. The number of halogens is 1. The van der Waals surface area contributed by atoms with E-state index in [1.54, 1.807) is 13.0 Å². The molecule has 0 radical (unpaired) electrons. The number of amides is 1. The Hall–Kier alpha value is -1.35. The van der Waals surface area contributed by atoms with E-state index < -0.39 is 0 Å². The highest BCUT2D eigenvalue weighted by Crippen LogP contribution is 2.26. The van der Waals surface area contributed by atoms with Crippen LogP contribution in [-0.4, -0.2) is 29.2 Å². The lowest BCUT2D eigenvalue weighted by atomic mass is 9.96. The topological polar surface area (TPSA) is 37.4 Å². The van der Waals surface area contributed by atoms with Gasteiger partial charge in [0.15, 0.2) is 0 Å². The fourth-order valence-electron chi connectivity index (χ4n) is 2.78. The predicted molar refractivity (Wildman–Crippen MR) is 80.2 cm³/mol. The van der Waals surface area contributed by atoms with E-state index in [2.05, 4.69) is 0 Å². The summed E-state index contributed by atoms with van der Waals surface area (Å²) < 4.78 is 0. The first kappa shape index (κ1) is 15.0. The normalized spacial score (nSPS) is 18.9. The zero-order valence-corrected chi connectivity index (χ0v) is 12.7. The van der Waals surface area contributed by atoms with Crippen LogP contribution in [0.3, 0.4) is 0 Å². The Bertz CT molecular complexity index is 527. The third kappa shape index (κ3) is 3.21. The number of nitrogens with zero attached hydrogens (tertiary/aromatic N) is 1. The molecule has 1 unspecified atom stereocenters. The molecule has 20 heavy (non-hydrogen) atoms. The van der Waals surface area contributed by atoms with Gasteiger partial charge in [0.2, 0.25) is 0 Å². The first-order valence-electron chi connectivity index (χ1n) is 7.06. The third-order valence-electron chi connectivity index (χ3n) is 3.83. The second kappa shape index (κ2) is 6.40. The van der Waals surface area contributed by atoms with Crippen molar-refractivity contribution in [2.24, 2.45) is 0 Å². The van der Waals surface area contributed by atoms with Crippen molar-refractivity contribution >= 4 is 23.3 Å². The summed E-state index contributed by atoms with van der Waals surface area (Å²) in [4.78, 5) is 25.9. The van der Waals surface area contributed by atoms with Crippen LogP contribution >= 0.6 is 11.6 Å². The molecule has 0 bridgehead atoms. The molecule has 1 aromatic carbocycles. The van der Waals surface area contributed by atoms with Crippen molar-refractivity contribution in [2.45, 2.75) is 45.6 Å². The van der Waals surface area contributed by atoms with Crippen molar-refractivity contribution in [1.82, 2.24) is 4.90 Å². The quantitative estimate of drug-likeness (QED) is 0.853. The van der Waals surface area contributed by atoms with E-state index in [4.69, 9.17) is 11.6 Å². The molecule has 0 aliphatic carbocycles. The number of hydrogen-bond acceptors (Lipinski definition) is 2. The summed E-state index contributed by atoms with van der Waals surface area (Å²) in [5.41, 5.74) is 1.44. The van der Waals surface area contributed by atoms with Gasteiger partial charge < -0.3 is 4.90 Å². The monoisotopic (exact) mass is 293 g/mol. The maximum Gasteiger partial charge on any atom is 0.255 e. The number of piperidine rings is 1. The summed E-state index contributed by atoms with van der Waals surface area (Å²) in [6.45, 7) is 4.18. The van der Waals surface area contributed by atoms with Crippen molar-refractivity contribution in [3.63, 3.8) is 0 Å². The molecule has 0 aromatic heterocycles. The van der Waals surface area contributed by atoms with Crippen LogP contribution < -0.4 is 0 Å². The largest absolute Gasteiger partial charge is 0.335 e. The summed E-state index contributed by atoms with van der Waals surface area (Å²) in [5.74, 6) is 0.0784. The van der Waals surface area contributed by atoms with Crippen LogP contribution in [0.4, 0.5) is 0 Å². The minimum absolute atomic E-state index is 0.0188. The van der Waals surface area contributed by atoms with Crippen molar-refractivity contribution in [2.75, 3.05) is 6.54 Å². The number of carbonyl (C=O) groups is 2. The molecule has 1 saturated heterocycles. The molecule has 1 aliphatic heterocycles. The van der Waals surface area contributed by atoms with Crippen LogP contribution in [0.25, 0.3) is 0 Å². The Kier molecular flexibility index (Phi) is 4.81. The van der Waals surface area contributed by atoms with Crippen molar-refractivity contribution < 1.29 is 9.59 Å². The molecular weight excluding hydrogens is 274 g/mol. The summed E-state index contributed by atoms with van der Waals surface area (Å²) >= 11 is 6.25. The van der Waals surface area contributed by atoms with Gasteiger partial charge >= 0.3 is 0 Å². The highest BCUT2D eigenvalue weighted by molar-refractivity contribution is 6.34. The minimum atomic E-state index is -0.0512. The zero-order valence-electron chi connectivity index (χ0n) is 12.0. The van der Waals surface area contributed by atoms with Gasteiger partial charge in [0.05, 0.1) is 10.6 Å². The molecule has 3 nitrogen and oxygen atoms in total. The van der Waals surface area contributed by atoms with Gasteiger partial charge in [0.1, 0.15) is 5.78 Å². The van der Waals surface area contributed by atoms with Crippen LogP contribution in [0, 0.1) is 6.92 Å². The molecule has 1 atom stereocenters. The summed E-state index contributed by atoms with van der Waals surface area (Å²) in [7, 11) is 0. The van der Waals surface area contributed by atoms with E-state index in [1.807, 2.05) is 24.0 Å². The fourth-order valence-corrected chi connectivity index (χ4v) is 2.99. The van der Waals surface area contributed by atoms with Gasteiger partial charge in [0.25, 0.3) is 5.91 Å². The van der Waals surface area contributed by atoms with Gasteiger partial charge in [-0.15, -0.1) is 0 Å². The van der Waals surface area contributed by atoms with Crippen molar-refractivity contribution in [3.8, 4) is 0 Å². The number of carbonyl (C=O) groups excluding carboxylic acids is 2. The third-order valence-corrected chi connectivity index (χ3v) is 4.33. The van der Waals surface area contributed by atoms with Crippen LogP contribution in [0.1, 0.15) is 48.5 Å². The molecule has 2 rings (SSSR count). The highest BCUT2D eigenvalue weighted by Gasteiger charge is 2.29. The molecule has 0 saturated carbocycles. The Morgan fingerprint density at radius 1 is 1.35 bits per heavy atom. The van der Waals surface area contributed by atoms with Crippen LogP contribution in [0.15, 0.2) is 18.2 Å². The maximum atomic E-state index is 12.7. The SMILES string of the molecule is CC(=O)CC1CCCCN1C(=O)c1cccc(C)c1Cl. The first-order chi connectivity index (χ1) is 9.50. The van der Waals surface area contributed by atoms with E-state index in [9.17, 15) is 9.59 Å². The van der Waals surface area contributed by atoms with Crippen LogP contribution in [-0.2, 0) is 4.79 Å². The van der Waals surface area contributed by atoms with E-state index in [0.29, 0.717) is 23.6 Å². The molecular formula is C16H20ClNO2. The van der Waals surface area contributed by atoms with E-state index in [-0.39, 0.29) is 17.7 Å². The number of likely N-dealkylation sites (tertiary alicyclic amines) is 1. The summed E-state index contributed by atoms with van der Waals surface area (Å²) in [6, 6.07) is 5.52. The average molecular weight is 294 g/mol. The zero-order chi connectivity index (χ0) is 14.7. The second-order valence-corrected chi connectivity index (χ2v) is 5.87. The number of ketones is 1. The predicted octanol–water partition coefficient (Wildman–Crippen LogP) is 3.62. The molecule has 1 heterocycles. The lowest BCUT2D eigenvalue weighted by molar-refractivity contribution is -0.118. The molecule has 1 aliphatic rings. The molecule has 1 aromatic rings. The van der Waals surface area contributed by atoms with Crippen molar-refractivity contribution in [3.05, 3.63) is 34.3 Å². The summed E-state index contributed by atoms with van der Waals surface area (Å²) in [6.07, 6.45) is 3.40. The Morgan fingerprint density at radius 2 is 2.10 bits per heavy atom.